The zero-order chi connectivity index (χ0) is 12.0. The molecule has 1 rings (SSSR count). The fourth-order valence-electron chi connectivity index (χ4n) is 1.13. The lowest BCUT2D eigenvalue weighted by Gasteiger charge is -1.98. The number of nitrogen functional groups attached to an aromatic ring is 1. The van der Waals surface area contributed by atoms with Gasteiger partial charge in [0.2, 0.25) is 5.91 Å². The third-order valence-corrected chi connectivity index (χ3v) is 1.96. The number of anilines is 1. The minimum Gasteiger partial charge on any atom is -0.397 e. The van der Waals surface area contributed by atoms with E-state index in [4.69, 9.17) is 5.73 Å². The SMILES string of the molecule is CC(=O)NCCC#Cc1cc(N)cnc1C. The Labute approximate surface area is 95.3 Å². The average Bonchev–Trinajstić information content (AvgIpc) is 2.22. The molecular formula is C12H15N3O. The van der Waals surface area contributed by atoms with Crippen molar-refractivity contribution in [2.24, 2.45) is 0 Å². The Kier molecular flexibility index (Phi) is 4.34. The first-order valence-electron chi connectivity index (χ1n) is 5.05. The van der Waals surface area contributed by atoms with Crippen LogP contribution in [0.3, 0.4) is 0 Å². The molecule has 1 aromatic rings. The highest BCUT2D eigenvalue weighted by Gasteiger charge is 1.95. The van der Waals surface area contributed by atoms with Crippen LogP contribution in [0.5, 0.6) is 0 Å². The van der Waals surface area contributed by atoms with Crippen LogP contribution in [0.25, 0.3) is 0 Å². The Hall–Kier alpha value is -2.02. The van der Waals surface area contributed by atoms with Gasteiger partial charge in [-0.25, -0.2) is 0 Å². The molecular weight excluding hydrogens is 202 g/mol. The van der Waals surface area contributed by atoms with Crippen LogP contribution in [-0.4, -0.2) is 17.4 Å². The summed E-state index contributed by atoms with van der Waals surface area (Å²) in [7, 11) is 0. The molecule has 0 fully saturated rings. The second kappa shape index (κ2) is 5.76. The van der Waals surface area contributed by atoms with Crippen LogP contribution >= 0.6 is 0 Å². The minimum atomic E-state index is -0.0383. The van der Waals surface area contributed by atoms with Gasteiger partial charge in [-0.05, 0) is 13.0 Å². The highest BCUT2D eigenvalue weighted by atomic mass is 16.1. The molecule has 0 spiro atoms. The van der Waals surface area contributed by atoms with Gasteiger partial charge in [0.1, 0.15) is 0 Å². The van der Waals surface area contributed by atoms with Crippen LogP contribution < -0.4 is 11.1 Å². The van der Waals surface area contributed by atoms with Gasteiger partial charge in [0, 0.05) is 25.5 Å². The van der Waals surface area contributed by atoms with E-state index in [-0.39, 0.29) is 5.91 Å². The number of pyridine rings is 1. The van der Waals surface area contributed by atoms with E-state index in [1.807, 2.05) is 6.92 Å². The zero-order valence-electron chi connectivity index (χ0n) is 9.50. The van der Waals surface area contributed by atoms with Crippen molar-refractivity contribution in [2.45, 2.75) is 20.3 Å². The number of amides is 1. The number of carbonyl (C=O) groups is 1. The van der Waals surface area contributed by atoms with Gasteiger partial charge in [0.05, 0.1) is 17.6 Å². The summed E-state index contributed by atoms with van der Waals surface area (Å²) in [6, 6.07) is 1.80. The van der Waals surface area contributed by atoms with E-state index >= 15 is 0 Å². The predicted molar refractivity (Wildman–Crippen MR) is 63.6 cm³/mol. The van der Waals surface area contributed by atoms with Gasteiger partial charge in [0.25, 0.3) is 0 Å². The number of nitrogens with one attached hydrogen (secondary N) is 1. The standard InChI is InChI=1S/C12H15N3O/c1-9-11(7-12(13)8-15-9)5-3-4-6-14-10(2)16/h7-8H,4,6,13H2,1-2H3,(H,14,16). The van der Waals surface area contributed by atoms with Crippen LogP contribution in [0.2, 0.25) is 0 Å². The smallest absolute Gasteiger partial charge is 0.216 e. The van der Waals surface area contributed by atoms with Gasteiger partial charge < -0.3 is 11.1 Å². The first-order chi connectivity index (χ1) is 7.59. The van der Waals surface area contributed by atoms with Gasteiger partial charge in [-0.15, -0.1) is 0 Å². The lowest BCUT2D eigenvalue weighted by Crippen LogP contribution is -2.20. The van der Waals surface area contributed by atoms with E-state index in [0.29, 0.717) is 18.7 Å². The molecule has 0 bridgehead atoms. The molecule has 16 heavy (non-hydrogen) atoms. The normalized spacial score (nSPS) is 9.12. The molecule has 1 amide bonds. The van der Waals surface area contributed by atoms with Crippen molar-refractivity contribution in [3.63, 3.8) is 0 Å². The molecule has 84 valence electrons. The average molecular weight is 217 g/mol. The summed E-state index contributed by atoms with van der Waals surface area (Å²) in [5.41, 5.74) is 7.92. The molecule has 0 aliphatic heterocycles. The minimum absolute atomic E-state index is 0.0383. The topological polar surface area (TPSA) is 68.0 Å². The van der Waals surface area contributed by atoms with Crippen LogP contribution in [-0.2, 0) is 4.79 Å². The maximum Gasteiger partial charge on any atom is 0.216 e. The van der Waals surface area contributed by atoms with Crippen molar-refractivity contribution in [3.8, 4) is 11.8 Å². The van der Waals surface area contributed by atoms with E-state index < -0.39 is 0 Å². The van der Waals surface area contributed by atoms with Crippen molar-refractivity contribution in [2.75, 3.05) is 12.3 Å². The lowest BCUT2D eigenvalue weighted by atomic mass is 10.2. The van der Waals surface area contributed by atoms with E-state index in [0.717, 1.165) is 11.3 Å². The Balaban J connectivity index is 2.56. The largest absolute Gasteiger partial charge is 0.397 e. The molecule has 1 aromatic heterocycles. The van der Waals surface area contributed by atoms with Gasteiger partial charge in [-0.3, -0.25) is 9.78 Å². The predicted octanol–water partition coefficient (Wildman–Crippen LogP) is 0.850. The van der Waals surface area contributed by atoms with Crippen molar-refractivity contribution in [3.05, 3.63) is 23.5 Å². The number of aromatic nitrogens is 1. The molecule has 4 nitrogen and oxygen atoms in total. The van der Waals surface area contributed by atoms with Crippen molar-refractivity contribution in [1.82, 2.24) is 10.3 Å². The third kappa shape index (κ3) is 4.01. The Morgan fingerprint density at radius 2 is 2.38 bits per heavy atom. The summed E-state index contributed by atoms with van der Waals surface area (Å²) in [5, 5.41) is 2.68. The maximum atomic E-state index is 10.6. The number of aryl methyl sites for hydroxylation is 1. The summed E-state index contributed by atoms with van der Waals surface area (Å²) >= 11 is 0. The van der Waals surface area contributed by atoms with E-state index in [1.54, 1.807) is 12.3 Å². The summed E-state index contributed by atoms with van der Waals surface area (Å²) < 4.78 is 0. The van der Waals surface area contributed by atoms with Crippen LogP contribution in [0.1, 0.15) is 24.6 Å². The molecule has 0 radical (unpaired) electrons. The highest BCUT2D eigenvalue weighted by Crippen LogP contribution is 2.07. The molecule has 0 aliphatic carbocycles. The highest BCUT2D eigenvalue weighted by molar-refractivity contribution is 5.72. The zero-order valence-corrected chi connectivity index (χ0v) is 9.50. The van der Waals surface area contributed by atoms with E-state index in [1.165, 1.54) is 6.92 Å². The molecule has 3 N–H and O–H groups in total. The van der Waals surface area contributed by atoms with E-state index in [9.17, 15) is 4.79 Å². The van der Waals surface area contributed by atoms with Gasteiger partial charge >= 0.3 is 0 Å². The monoisotopic (exact) mass is 217 g/mol. The number of hydrogen-bond acceptors (Lipinski definition) is 3. The summed E-state index contributed by atoms with van der Waals surface area (Å²) in [4.78, 5) is 14.7. The van der Waals surface area contributed by atoms with Crippen molar-refractivity contribution in [1.29, 1.82) is 0 Å². The number of nitrogens with zero attached hydrogens (tertiary/aromatic N) is 1. The molecule has 0 aromatic carbocycles. The summed E-state index contributed by atoms with van der Waals surface area (Å²) in [6.45, 7) is 3.94. The molecule has 0 atom stereocenters. The van der Waals surface area contributed by atoms with E-state index in [2.05, 4.69) is 22.1 Å². The van der Waals surface area contributed by atoms with Gasteiger partial charge in [-0.1, -0.05) is 11.8 Å². The first-order valence-corrected chi connectivity index (χ1v) is 5.05. The molecule has 0 unspecified atom stereocenters. The molecule has 0 saturated carbocycles. The Morgan fingerprint density at radius 3 is 3.06 bits per heavy atom. The fourth-order valence-corrected chi connectivity index (χ4v) is 1.13. The van der Waals surface area contributed by atoms with Gasteiger partial charge in [0.15, 0.2) is 0 Å². The molecule has 1 heterocycles. The first kappa shape index (κ1) is 12.1. The molecule has 0 saturated heterocycles. The summed E-state index contributed by atoms with van der Waals surface area (Å²) in [6.07, 6.45) is 2.23. The quantitative estimate of drug-likeness (QED) is 0.570. The number of nitrogens with two attached hydrogens (primary N) is 1. The fraction of sp³-hybridized carbons (Fsp3) is 0.333. The Bertz CT molecular complexity index is 443. The maximum absolute atomic E-state index is 10.6. The van der Waals surface area contributed by atoms with Crippen molar-refractivity contribution < 1.29 is 4.79 Å². The lowest BCUT2D eigenvalue weighted by molar-refractivity contribution is -0.118. The molecule has 0 aliphatic rings. The molecule has 4 heteroatoms. The Morgan fingerprint density at radius 1 is 1.62 bits per heavy atom. The van der Waals surface area contributed by atoms with Crippen LogP contribution in [0.15, 0.2) is 12.3 Å². The number of carbonyl (C=O) groups excluding carboxylic acids is 1. The second-order valence-electron chi connectivity index (χ2n) is 3.44. The number of rotatable bonds is 2. The third-order valence-electron chi connectivity index (χ3n) is 1.96. The number of hydrogen-bond donors (Lipinski definition) is 2. The second-order valence-corrected chi connectivity index (χ2v) is 3.44. The summed E-state index contributed by atoms with van der Waals surface area (Å²) in [5.74, 6) is 5.91. The van der Waals surface area contributed by atoms with Gasteiger partial charge in [-0.2, -0.15) is 0 Å². The van der Waals surface area contributed by atoms with Crippen LogP contribution in [0, 0.1) is 18.8 Å². The van der Waals surface area contributed by atoms with Crippen molar-refractivity contribution >= 4 is 11.6 Å². The van der Waals surface area contributed by atoms with Crippen LogP contribution in [0.4, 0.5) is 5.69 Å².